The number of nitrogens with zero attached hydrogens (tertiary/aromatic N) is 5. The second kappa shape index (κ2) is 16.0. The highest BCUT2D eigenvalue weighted by Gasteiger charge is 2.25. The lowest BCUT2D eigenvalue weighted by molar-refractivity contribution is 0.256. The molecule has 9 heteroatoms. The second-order valence-corrected chi connectivity index (χ2v) is 12.2. The van der Waals surface area contributed by atoms with E-state index < -0.39 is 0 Å². The molecule has 0 radical (unpaired) electrons. The van der Waals surface area contributed by atoms with Crippen LogP contribution in [0.15, 0.2) is 79.0 Å². The van der Waals surface area contributed by atoms with Crippen molar-refractivity contribution in [3.05, 3.63) is 108 Å². The number of hydrogen-bond acceptors (Lipinski definition) is 5. The number of nitrogens with two attached hydrogens (primary N) is 1. The number of aromatic amines is 2. The Morgan fingerprint density at radius 1 is 1.12 bits per heavy atom. The van der Waals surface area contributed by atoms with Crippen molar-refractivity contribution in [1.82, 2.24) is 30.0 Å². The molecule has 2 aliphatic rings. The van der Waals surface area contributed by atoms with Crippen molar-refractivity contribution < 1.29 is 4.39 Å². The lowest BCUT2D eigenvalue weighted by Gasteiger charge is -2.38. The summed E-state index contributed by atoms with van der Waals surface area (Å²) in [4.78, 5) is 17.7. The van der Waals surface area contributed by atoms with Gasteiger partial charge in [-0.3, -0.25) is 10.1 Å². The van der Waals surface area contributed by atoms with Crippen LogP contribution in [0.25, 0.3) is 33.6 Å². The van der Waals surface area contributed by atoms with Gasteiger partial charge in [-0.2, -0.15) is 5.10 Å². The van der Waals surface area contributed by atoms with Crippen LogP contribution in [0.1, 0.15) is 68.1 Å². The van der Waals surface area contributed by atoms with Crippen molar-refractivity contribution in [3.63, 3.8) is 0 Å². The van der Waals surface area contributed by atoms with Crippen molar-refractivity contribution >= 4 is 28.0 Å². The van der Waals surface area contributed by atoms with E-state index in [-0.39, 0.29) is 11.9 Å². The number of allylic oxidation sites excluding steroid dienone is 3. The first kappa shape index (κ1) is 34.7. The molecule has 0 aliphatic carbocycles. The Labute approximate surface area is 284 Å². The molecule has 0 spiro atoms. The fraction of sp³-hybridized carbons (Fsp3) is 0.359. The molecule has 4 aromatic rings. The van der Waals surface area contributed by atoms with Gasteiger partial charge in [-0.1, -0.05) is 51.3 Å². The lowest BCUT2D eigenvalue weighted by atomic mass is 9.94. The van der Waals surface area contributed by atoms with Gasteiger partial charge in [0.25, 0.3) is 0 Å². The Morgan fingerprint density at radius 2 is 1.90 bits per heavy atom. The van der Waals surface area contributed by atoms with Crippen molar-refractivity contribution in [2.24, 2.45) is 10.7 Å². The molecule has 1 aromatic carbocycles. The van der Waals surface area contributed by atoms with Crippen LogP contribution in [-0.2, 0) is 6.42 Å². The lowest BCUT2D eigenvalue weighted by Crippen LogP contribution is -2.57. The molecule has 0 atom stereocenters. The van der Waals surface area contributed by atoms with Gasteiger partial charge in [-0.05, 0) is 106 Å². The van der Waals surface area contributed by atoms with Gasteiger partial charge in [0.2, 0.25) is 0 Å². The quantitative estimate of drug-likeness (QED) is 0.0881. The Kier molecular flexibility index (Phi) is 11.6. The molecular weight excluding hydrogens is 599 g/mol. The number of hydrogen-bond donors (Lipinski definition) is 3. The molecule has 0 amide bonds. The third kappa shape index (κ3) is 7.75. The second-order valence-electron chi connectivity index (χ2n) is 12.2. The zero-order valence-corrected chi connectivity index (χ0v) is 28.8. The maximum Gasteiger partial charge on any atom is 0.128 e. The molecule has 2 saturated heterocycles. The predicted octanol–water partition coefficient (Wildman–Crippen LogP) is 7.66. The first-order chi connectivity index (χ1) is 23.4. The standard InChI is InChI=1S/C37H43FN8.C2H6/c1-5-11-29(26-16-25(17-27(38)18-26)12-10-15-45-13-8-9-14-45)30-19-34(41-24(30)4)37-31-20-33(40-21-35(31)43-44-37)32(6-2)42-36(7-3)46-22-28(39)23-46;1-2/h5-7,11,16-21,28,41H,1,3,8-10,12-15,22-23,39H2,2,4H3,(H,43,44);1-2H3/b29-11-,32-6-,42-36?;. The normalized spacial score (nSPS) is 16.2. The number of fused-ring (bicyclic) bond motifs is 1. The van der Waals surface area contributed by atoms with E-state index in [0.29, 0.717) is 0 Å². The van der Waals surface area contributed by atoms with Crippen LogP contribution in [0.4, 0.5) is 4.39 Å². The third-order valence-electron chi connectivity index (χ3n) is 8.89. The number of rotatable bonds is 11. The average Bonchev–Trinajstić information content (AvgIpc) is 3.84. The molecule has 0 unspecified atom stereocenters. The fourth-order valence-electron chi connectivity index (χ4n) is 6.49. The Hall–Kier alpha value is -4.60. The molecule has 0 bridgehead atoms. The molecule has 0 saturated carbocycles. The molecule has 2 aliphatic heterocycles. The summed E-state index contributed by atoms with van der Waals surface area (Å²) in [5.41, 5.74) is 14.6. The highest BCUT2D eigenvalue weighted by Crippen LogP contribution is 2.34. The molecule has 4 N–H and O–H groups in total. The van der Waals surface area contributed by atoms with Gasteiger partial charge in [0.15, 0.2) is 0 Å². The molecule has 5 heterocycles. The van der Waals surface area contributed by atoms with Crippen LogP contribution in [0, 0.1) is 12.7 Å². The van der Waals surface area contributed by atoms with Crippen molar-refractivity contribution in [1.29, 1.82) is 0 Å². The SMILES string of the molecule is C=C/C=C(/c1cc(F)cc(CCCN2CCCC2)c1)c1cc(-c2n[nH]c3cnc(/C(=C/C)N=C(C=C)N4CC(N)C4)cc23)[nH]c1C.CC. The van der Waals surface area contributed by atoms with Crippen molar-refractivity contribution in [3.8, 4) is 11.4 Å². The van der Waals surface area contributed by atoms with Crippen LogP contribution >= 0.6 is 0 Å². The van der Waals surface area contributed by atoms with Crippen LogP contribution in [0.3, 0.4) is 0 Å². The van der Waals surface area contributed by atoms with E-state index in [9.17, 15) is 4.39 Å². The summed E-state index contributed by atoms with van der Waals surface area (Å²) in [6.45, 7) is 20.8. The number of halogens is 1. The fourth-order valence-corrected chi connectivity index (χ4v) is 6.49. The Bertz CT molecular complexity index is 1830. The molecule has 3 aromatic heterocycles. The predicted molar refractivity (Wildman–Crippen MR) is 198 cm³/mol. The summed E-state index contributed by atoms with van der Waals surface area (Å²) < 4.78 is 15.0. The van der Waals surface area contributed by atoms with Gasteiger partial charge in [-0.15, -0.1) is 0 Å². The van der Waals surface area contributed by atoms with E-state index in [2.05, 4.69) is 55.3 Å². The number of likely N-dealkylation sites (tertiary alicyclic amines) is 2. The third-order valence-corrected chi connectivity index (χ3v) is 8.89. The van der Waals surface area contributed by atoms with E-state index in [1.165, 1.54) is 25.9 Å². The number of aliphatic imine (C=N–C) groups is 1. The topological polar surface area (TPSA) is 102 Å². The van der Waals surface area contributed by atoms with Gasteiger partial charge in [0.05, 0.1) is 28.8 Å². The van der Waals surface area contributed by atoms with E-state index in [1.54, 1.807) is 30.5 Å². The van der Waals surface area contributed by atoms with Gasteiger partial charge in [0.1, 0.15) is 17.3 Å². The zero-order valence-electron chi connectivity index (χ0n) is 28.8. The van der Waals surface area contributed by atoms with Crippen LogP contribution in [0.5, 0.6) is 0 Å². The van der Waals surface area contributed by atoms with Crippen molar-refractivity contribution in [2.75, 3.05) is 32.7 Å². The van der Waals surface area contributed by atoms with Gasteiger partial charge in [0, 0.05) is 35.8 Å². The van der Waals surface area contributed by atoms with E-state index in [4.69, 9.17) is 10.7 Å². The molecule has 2 fully saturated rings. The van der Waals surface area contributed by atoms with E-state index in [0.717, 1.165) is 100.0 Å². The number of amidine groups is 1. The number of benzene rings is 1. The Morgan fingerprint density at radius 3 is 2.58 bits per heavy atom. The number of pyridine rings is 1. The summed E-state index contributed by atoms with van der Waals surface area (Å²) in [6.07, 6.45) is 13.6. The summed E-state index contributed by atoms with van der Waals surface area (Å²) in [6, 6.07) is 9.63. The molecule has 48 heavy (non-hydrogen) atoms. The summed E-state index contributed by atoms with van der Waals surface area (Å²) in [5, 5.41) is 8.70. The van der Waals surface area contributed by atoms with Crippen molar-refractivity contribution in [2.45, 2.75) is 59.4 Å². The molecule has 8 nitrogen and oxygen atoms in total. The van der Waals surface area contributed by atoms with Gasteiger partial charge >= 0.3 is 0 Å². The molecule has 252 valence electrons. The largest absolute Gasteiger partial charge is 0.357 e. The smallest absolute Gasteiger partial charge is 0.128 e. The molecular formula is C39H49FN8. The number of aromatic nitrogens is 4. The summed E-state index contributed by atoms with van der Waals surface area (Å²) >= 11 is 0. The zero-order chi connectivity index (χ0) is 34.2. The summed E-state index contributed by atoms with van der Waals surface area (Å²) in [7, 11) is 0. The first-order valence-corrected chi connectivity index (χ1v) is 17.1. The van der Waals surface area contributed by atoms with E-state index in [1.807, 2.05) is 45.9 Å². The molecule has 6 rings (SSSR count). The first-order valence-electron chi connectivity index (χ1n) is 17.1. The minimum atomic E-state index is -0.227. The van der Waals surface area contributed by atoms with Crippen LogP contribution in [-0.4, -0.2) is 74.6 Å². The van der Waals surface area contributed by atoms with E-state index >= 15 is 0 Å². The highest BCUT2D eigenvalue weighted by molar-refractivity contribution is 5.98. The van der Waals surface area contributed by atoms with Crippen LogP contribution in [0.2, 0.25) is 0 Å². The summed E-state index contributed by atoms with van der Waals surface area (Å²) in [5.74, 6) is 0.553. The number of aryl methyl sites for hydroxylation is 2. The minimum Gasteiger partial charge on any atom is -0.357 e. The average molecular weight is 649 g/mol. The number of nitrogens with one attached hydrogen (secondary N) is 2. The van der Waals surface area contributed by atoms with Gasteiger partial charge < -0.3 is 20.5 Å². The van der Waals surface area contributed by atoms with Gasteiger partial charge in [-0.25, -0.2) is 9.38 Å². The maximum absolute atomic E-state index is 15.0. The minimum absolute atomic E-state index is 0.158. The van der Waals surface area contributed by atoms with Crippen LogP contribution < -0.4 is 5.73 Å². The monoisotopic (exact) mass is 648 g/mol. The highest BCUT2D eigenvalue weighted by atomic mass is 19.1. The Balaban J connectivity index is 0.00000221. The maximum atomic E-state index is 15.0. The number of H-pyrrole nitrogens is 2.